The summed E-state index contributed by atoms with van der Waals surface area (Å²) in [6.07, 6.45) is 6.47. The molecule has 4 atom stereocenters. The Morgan fingerprint density at radius 3 is 2.49 bits per heavy atom. The van der Waals surface area contributed by atoms with Gasteiger partial charge in [0.15, 0.2) is 6.10 Å². The van der Waals surface area contributed by atoms with Gasteiger partial charge in [0, 0.05) is 25.0 Å². The van der Waals surface area contributed by atoms with Gasteiger partial charge in [-0.15, -0.1) is 0 Å². The van der Waals surface area contributed by atoms with Crippen LogP contribution in [0.1, 0.15) is 72.1 Å². The van der Waals surface area contributed by atoms with Crippen molar-refractivity contribution in [2.75, 3.05) is 17.9 Å². The molecule has 4 rings (SSSR count). The van der Waals surface area contributed by atoms with Gasteiger partial charge in [0.2, 0.25) is 5.91 Å². The fraction of sp³-hybridized carbons (Fsp3) is 0.600. The molecule has 3 aliphatic rings. The topological polar surface area (TPSA) is 154 Å². The van der Waals surface area contributed by atoms with Gasteiger partial charge in [0.1, 0.15) is 11.6 Å². The normalized spacial score (nSPS) is 26.6. The first-order valence-corrected chi connectivity index (χ1v) is 16.3. The Labute approximate surface area is 253 Å². The lowest BCUT2D eigenvalue weighted by Crippen LogP contribution is -2.58. The number of allylic oxidation sites excluding steroid dienone is 1. The van der Waals surface area contributed by atoms with Crippen LogP contribution in [0, 0.1) is 5.92 Å². The molecule has 1 aromatic carbocycles. The van der Waals surface area contributed by atoms with Crippen LogP contribution in [0.5, 0.6) is 0 Å². The number of benzene rings is 1. The molecule has 12 nitrogen and oxygen atoms in total. The van der Waals surface area contributed by atoms with Crippen molar-refractivity contribution < 1.29 is 32.3 Å². The van der Waals surface area contributed by atoms with E-state index < -0.39 is 63.2 Å². The highest BCUT2D eigenvalue weighted by Gasteiger charge is 2.61. The number of carbonyl (C=O) groups excluding carboxylic acids is 4. The van der Waals surface area contributed by atoms with E-state index in [9.17, 15) is 27.6 Å². The number of amides is 4. The van der Waals surface area contributed by atoms with E-state index in [1.54, 1.807) is 30.3 Å². The standard InChI is InChI=1S/C30H43N5O7S/c1-29(2,3)32-28(39)42-24-18-12-7-5-6-9-14-21-20-30(21,31-25(36)23-17-13-19-35(23)26(24)37)27(38)33-43(40,41)34(4)22-15-10-8-11-16-22/h8-11,14-16,21,23-24H,5-7,12-13,17-20H2,1-4H3,(H,31,36)(H,32,39)(H,33,38)/t21-,23+,24+,30-/m1/s1. The molecule has 0 unspecified atom stereocenters. The van der Waals surface area contributed by atoms with Gasteiger partial charge in [-0.2, -0.15) is 8.42 Å². The maximum Gasteiger partial charge on any atom is 0.408 e. The van der Waals surface area contributed by atoms with Gasteiger partial charge in [-0.1, -0.05) is 36.8 Å². The number of para-hydroxylation sites is 1. The summed E-state index contributed by atoms with van der Waals surface area (Å²) in [6.45, 7) is 5.73. The molecule has 2 aliphatic heterocycles. The number of nitrogens with one attached hydrogen (secondary N) is 3. The Morgan fingerprint density at radius 1 is 1.07 bits per heavy atom. The van der Waals surface area contributed by atoms with Gasteiger partial charge >= 0.3 is 16.3 Å². The Hall–Kier alpha value is -3.61. The molecule has 4 amide bonds. The third-order valence-corrected chi connectivity index (χ3v) is 9.39. The molecule has 0 bridgehead atoms. The van der Waals surface area contributed by atoms with Gasteiger partial charge in [-0.25, -0.2) is 9.52 Å². The molecule has 1 saturated carbocycles. The molecule has 0 radical (unpaired) electrons. The molecular formula is C30H43N5O7S. The van der Waals surface area contributed by atoms with Crippen molar-refractivity contribution >= 4 is 39.7 Å². The molecule has 3 N–H and O–H groups in total. The molecule has 0 spiro atoms. The summed E-state index contributed by atoms with van der Waals surface area (Å²) < 4.78 is 35.0. The number of rotatable bonds is 5. The van der Waals surface area contributed by atoms with Crippen molar-refractivity contribution in [2.45, 2.75) is 95.4 Å². The van der Waals surface area contributed by atoms with E-state index in [2.05, 4.69) is 15.4 Å². The predicted octanol–water partition coefficient (Wildman–Crippen LogP) is 2.76. The third-order valence-electron chi connectivity index (χ3n) is 8.01. The summed E-state index contributed by atoms with van der Waals surface area (Å²) >= 11 is 0. The highest BCUT2D eigenvalue weighted by Crippen LogP contribution is 2.45. The molecular weight excluding hydrogens is 574 g/mol. The van der Waals surface area contributed by atoms with E-state index in [0.717, 1.165) is 17.1 Å². The molecule has 13 heteroatoms. The van der Waals surface area contributed by atoms with Crippen molar-refractivity contribution in [1.29, 1.82) is 0 Å². The lowest BCUT2D eigenvalue weighted by Gasteiger charge is -2.30. The van der Waals surface area contributed by atoms with E-state index >= 15 is 0 Å². The highest BCUT2D eigenvalue weighted by molar-refractivity contribution is 7.91. The molecule has 2 heterocycles. The zero-order valence-corrected chi connectivity index (χ0v) is 26.1. The van der Waals surface area contributed by atoms with Crippen molar-refractivity contribution in [2.24, 2.45) is 5.92 Å². The average Bonchev–Trinajstić information content (AvgIpc) is 3.40. The minimum Gasteiger partial charge on any atom is -0.436 e. The van der Waals surface area contributed by atoms with Crippen LogP contribution in [0.25, 0.3) is 0 Å². The molecule has 1 aliphatic carbocycles. The van der Waals surface area contributed by atoms with E-state index in [4.69, 9.17) is 4.74 Å². The van der Waals surface area contributed by atoms with Crippen LogP contribution in [0.15, 0.2) is 42.5 Å². The number of fused-ring (bicyclic) bond motifs is 2. The maximum atomic E-state index is 13.7. The van der Waals surface area contributed by atoms with Gasteiger partial charge in [-0.3, -0.25) is 18.7 Å². The minimum absolute atomic E-state index is 0.227. The Morgan fingerprint density at radius 2 is 1.79 bits per heavy atom. The summed E-state index contributed by atoms with van der Waals surface area (Å²) in [6, 6.07) is 7.45. The van der Waals surface area contributed by atoms with Gasteiger partial charge < -0.3 is 20.3 Å². The van der Waals surface area contributed by atoms with Crippen LogP contribution in [-0.4, -0.2) is 73.9 Å². The Balaban J connectivity index is 1.55. The number of nitrogens with zero attached hydrogens (tertiary/aromatic N) is 2. The van der Waals surface area contributed by atoms with Crippen LogP contribution >= 0.6 is 0 Å². The SMILES string of the molecule is CN(c1ccccc1)S(=O)(=O)NC(=O)[C@@]12C[C@H]1C=CCCCCC[C@H](OC(=O)NC(C)(C)C)C(=O)N1CCC[C@H]1C(=O)N2. The first-order chi connectivity index (χ1) is 20.2. The summed E-state index contributed by atoms with van der Waals surface area (Å²) in [5.74, 6) is -2.23. The molecule has 0 aromatic heterocycles. The second kappa shape index (κ2) is 12.9. The fourth-order valence-corrected chi connectivity index (χ4v) is 6.51. The van der Waals surface area contributed by atoms with Crippen molar-refractivity contribution in [3.05, 3.63) is 42.5 Å². The first-order valence-electron chi connectivity index (χ1n) is 14.9. The zero-order chi connectivity index (χ0) is 31.4. The summed E-state index contributed by atoms with van der Waals surface area (Å²) in [5.41, 5.74) is -1.66. The third kappa shape index (κ3) is 7.87. The van der Waals surface area contributed by atoms with Crippen LogP contribution in [0.4, 0.5) is 10.5 Å². The van der Waals surface area contributed by atoms with E-state index in [1.807, 2.05) is 32.9 Å². The molecule has 236 valence electrons. The second-order valence-electron chi connectivity index (χ2n) is 12.5. The van der Waals surface area contributed by atoms with Crippen molar-refractivity contribution in [1.82, 2.24) is 20.3 Å². The monoisotopic (exact) mass is 617 g/mol. The number of ether oxygens (including phenoxy) is 1. The number of alkyl carbamates (subject to hydrolysis) is 1. The molecule has 1 saturated heterocycles. The second-order valence-corrected chi connectivity index (χ2v) is 14.2. The van der Waals surface area contributed by atoms with Crippen LogP contribution in [0.2, 0.25) is 0 Å². The molecule has 1 aromatic rings. The van der Waals surface area contributed by atoms with Crippen LogP contribution < -0.4 is 19.7 Å². The fourth-order valence-electron chi connectivity index (χ4n) is 5.55. The van der Waals surface area contributed by atoms with E-state index in [1.165, 1.54) is 11.9 Å². The first kappa shape index (κ1) is 32.3. The van der Waals surface area contributed by atoms with Crippen LogP contribution in [0.3, 0.4) is 0 Å². The van der Waals surface area contributed by atoms with Crippen molar-refractivity contribution in [3.8, 4) is 0 Å². The van der Waals surface area contributed by atoms with Gasteiger partial charge in [0.05, 0.1) is 5.69 Å². The summed E-state index contributed by atoms with van der Waals surface area (Å²) in [4.78, 5) is 54.9. The number of carbonyl (C=O) groups is 4. The highest BCUT2D eigenvalue weighted by atomic mass is 32.2. The minimum atomic E-state index is -4.28. The Kier molecular flexibility index (Phi) is 9.73. The zero-order valence-electron chi connectivity index (χ0n) is 25.3. The summed E-state index contributed by atoms with van der Waals surface area (Å²) in [5, 5.41) is 5.53. The lowest BCUT2D eigenvalue weighted by molar-refractivity contribution is -0.146. The van der Waals surface area contributed by atoms with E-state index in [-0.39, 0.29) is 6.42 Å². The molecule has 2 fully saturated rings. The van der Waals surface area contributed by atoms with Gasteiger partial charge in [-0.05, 0) is 77.8 Å². The maximum absolute atomic E-state index is 13.7. The lowest BCUT2D eigenvalue weighted by atomic mass is 10.1. The van der Waals surface area contributed by atoms with E-state index in [0.29, 0.717) is 44.3 Å². The summed E-state index contributed by atoms with van der Waals surface area (Å²) in [7, 11) is -2.94. The Bertz CT molecular complexity index is 1340. The van der Waals surface area contributed by atoms with Crippen LogP contribution in [-0.2, 0) is 29.3 Å². The number of anilines is 1. The number of hydrogen-bond acceptors (Lipinski definition) is 7. The number of hydrogen-bond donors (Lipinski definition) is 3. The predicted molar refractivity (Wildman–Crippen MR) is 161 cm³/mol. The molecule has 43 heavy (non-hydrogen) atoms. The van der Waals surface area contributed by atoms with Gasteiger partial charge in [0.25, 0.3) is 11.8 Å². The smallest absolute Gasteiger partial charge is 0.408 e. The largest absolute Gasteiger partial charge is 0.436 e. The average molecular weight is 618 g/mol. The quantitative estimate of drug-likeness (QED) is 0.430. The van der Waals surface area contributed by atoms with Crippen molar-refractivity contribution in [3.63, 3.8) is 0 Å².